The maximum absolute atomic E-state index is 12.7. The molecule has 6 nitrogen and oxygen atoms in total. The second-order valence-corrected chi connectivity index (χ2v) is 10.6. The van der Waals surface area contributed by atoms with Crippen LogP contribution in [0.5, 0.6) is 17.2 Å². The van der Waals surface area contributed by atoms with Crippen molar-refractivity contribution in [2.45, 2.75) is 90.9 Å². The Kier molecular flexibility index (Phi) is 15.1. The van der Waals surface area contributed by atoms with Crippen LogP contribution in [0.3, 0.4) is 0 Å². The number of unbranched alkanes of at least 4 members (excludes halogenated alkanes) is 10. The van der Waals surface area contributed by atoms with E-state index in [1.54, 1.807) is 60.7 Å². The van der Waals surface area contributed by atoms with Crippen LogP contribution >= 0.6 is 0 Å². The van der Waals surface area contributed by atoms with Gasteiger partial charge in [0.2, 0.25) is 0 Å². The van der Waals surface area contributed by atoms with Crippen LogP contribution in [0.4, 0.5) is 5.69 Å². The molecule has 0 atom stereocenters. The number of carbonyl (C=O) groups is 2. The Labute approximate surface area is 251 Å². The molecule has 0 aliphatic carbocycles. The molecule has 0 aliphatic rings. The number of benzene rings is 3. The predicted molar refractivity (Wildman–Crippen MR) is 170 cm³/mol. The van der Waals surface area contributed by atoms with Crippen molar-refractivity contribution in [2.75, 3.05) is 18.5 Å². The van der Waals surface area contributed by atoms with E-state index in [1.165, 1.54) is 64.2 Å². The zero-order valence-electron chi connectivity index (χ0n) is 25.4. The zero-order chi connectivity index (χ0) is 29.8. The number of rotatable bonds is 20. The molecule has 3 aromatic carbocycles. The molecule has 0 radical (unpaired) electrons. The van der Waals surface area contributed by atoms with E-state index in [4.69, 9.17) is 14.2 Å². The molecule has 0 heterocycles. The van der Waals surface area contributed by atoms with Gasteiger partial charge in [-0.1, -0.05) is 78.1 Å². The summed E-state index contributed by atoms with van der Waals surface area (Å²) >= 11 is 0. The lowest BCUT2D eigenvalue weighted by Crippen LogP contribution is -2.12. The van der Waals surface area contributed by atoms with Crippen LogP contribution in [0.15, 0.2) is 72.8 Å². The molecular weight excluding hydrogens is 526 g/mol. The highest BCUT2D eigenvalue weighted by atomic mass is 16.5. The number of carbonyl (C=O) groups excluding carboxylic acids is 2. The summed E-state index contributed by atoms with van der Waals surface area (Å²) in [6.45, 7) is 5.80. The van der Waals surface area contributed by atoms with Crippen LogP contribution in [0.25, 0.3) is 0 Å². The molecule has 3 rings (SSSR count). The van der Waals surface area contributed by atoms with Gasteiger partial charge in [-0.25, -0.2) is 4.79 Å². The predicted octanol–water partition coefficient (Wildman–Crippen LogP) is 9.64. The normalized spacial score (nSPS) is 10.7. The van der Waals surface area contributed by atoms with Gasteiger partial charge < -0.3 is 19.5 Å². The summed E-state index contributed by atoms with van der Waals surface area (Å²) in [5.41, 5.74) is 1.59. The van der Waals surface area contributed by atoms with Crippen molar-refractivity contribution in [1.29, 1.82) is 0 Å². The Bertz CT molecular complexity index is 1080. The molecule has 42 heavy (non-hydrogen) atoms. The number of amides is 1. The summed E-state index contributed by atoms with van der Waals surface area (Å²) in [5.74, 6) is 1.24. The molecule has 1 amide bonds. The number of anilines is 1. The van der Waals surface area contributed by atoms with Crippen LogP contribution < -0.4 is 19.5 Å². The summed E-state index contributed by atoms with van der Waals surface area (Å²) in [6.07, 6.45) is 14.6. The molecule has 0 fully saturated rings. The maximum atomic E-state index is 12.7. The minimum atomic E-state index is -0.451. The molecule has 0 unspecified atom stereocenters. The first kappa shape index (κ1) is 32.7. The molecule has 3 aromatic rings. The standard InChI is InChI=1S/C36H47NO5/c1-3-5-7-9-11-13-27-40-32-21-15-29(16-22-32)35(38)37-31-19-25-34(26-20-31)42-36(39)30-17-23-33(24-18-30)41-28-14-12-10-8-6-4-2/h15-26H,3-14,27-28H2,1-2H3,(H,37,38). The van der Waals surface area contributed by atoms with E-state index in [0.717, 1.165) is 24.3 Å². The minimum absolute atomic E-state index is 0.221. The first-order valence-corrected chi connectivity index (χ1v) is 15.7. The Morgan fingerprint density at radius 2 is 0.952 bits per heavy atom. The topological polar surface area (TPSA) is 73.9 Å². The van der Waals surface area contributed by atoms with Crippen molar-refractivity contribution >= 4 is 17.6 Å². The fraction of sp³-hybridized carbons (Fsp3) is 0.444. The summed E-state index contributed by atoms with van der Waals surface area (Å²) in [5, 5.41) is 2.87. The molecular formula is C36H47NO5. The quantitative estimate of drug-likeness (QED) is 0.0827. The third kappa shape index (κ3) is 12.4. The highest BCUT2D eigenvalue weighted by Crippen LogP contribution is 2.20. The number of esters is 1. The van der Waals surface area contributed by atoms with Crippen molar-refractivity contribution in [3.05, 3.63) is 83.9 Å². The summed E-state index contributed by atoms with van der Waals surface area (Å²) in [6, 6.07) is 20.9. The molecule has 0 bridgehead atoms. The van der Waals surface area contributed by atoms with E-state index in [2.05, 4.69) is 19.2 Å². The molecule has 1 N–H and O–H groups in total. The van der Waals surface area contributed by atoms with Gasteiger partial charge in [0.25, 0.3) is 5.91 Å². The van der Waals surface area contributed by atoms with Crippen molar-refractivity contribution in [1.82, 2.24) is 0 Å². The summed E-state index contributed by atoms with van der Waals surface area (Å²) in [7, 11) is 0. The van der Waals surface area contributed by atoms with Crippen molar-refractivity contribution < 1.29 is 23.8 Å². The Balaban J connectivity index is 1.37. The molecule has 226 valence electrons. The van der Waals surface area contributed by atoms with E-state index in [0.29, 0.717) is 35.8 Å². The summed E-state index contributed by atoms with van der Waals surface area (Å²) < 4.78 is 17.1. The lowest BCUT2D eigenvalue weighted by molar-refractivity contribution is 0.0734. The third-order valence-corrected chi connectivity index (χ3v) is 7.06. The summed E-state index contributed by atoms with van der Waals surface area (Å²) in [4.78, 5) is 25.3. The average Bonchev–Trinajstić information content (AvgIpc) is 3.01. The average molecular weight is 574 g/mol. The van der Waals surface area contributed by atoms with E-state index < -0.39 is 5.97 Å². The van der Waals surface area contributed by atoms with Crippen molar-refractivity contribution in [3.8, 4) is 17.2 Å². The molecule has 0 aliphatic heterocycles. The third-order valence-electron chi connectivity index (χ3n) is 7.06. The highest BCUT2D eigenvalue weighted by Gasteiger charge is 2.11. The smallest absolute Gasteiger partial charge is 0.343 e. The second kappa shape index (κ2) is 19.3. The molecule has 0 saturated heterocycles. The van der Waals surface area contributed by atoms with Crippen molar-refractivity contribution in [2.24, 2.45) is 0 Å². The molecule has 0 spiro atoms. The number of ether oxygens (including phenoxy) is 3. The Morgan fingerprint density at radius 3 is 1.45 bits per heavy atom. The van der Waals surface area contributed by atoms with Crippen LogP contribution in [0.2, 0.25) is 0 Å². The minimum Gasteiger partial charge on any atom is -0.494 e. The number of hydrogen-bond acceptors (Lipinski definition) is 5. The van der Waals surface area contributed by atoms with Gasteiger partial charge in [-0.2, -0.15) is 0 Å². The van der Waals surface area contributed by atoms with Crippen LogP contribution in [0, 0.1) is 0 Å². The van der Waals surface area contributed by atoms with E-state index in [1.807, 2.05) is 12.1 Å². The van der Waals surface area contributed by atoms with Gasteiger partial charge in [0.1, 0.15) is 17.2 Å². The van der Waals surface area contributed by atoms with Gasteiger partial charge in [0.15, 0.2) is 0 Å². The fourth-order valence-electron chi connectivity index (χ4n) is 4.51. The van der Waals surface area contributed by atoms with Gasteiger partial charge in [0, 0.05) is 11.3 Å². The number of hydrogen-bond donors (Lipinski definition) is 1. The molecule has 0 saturated carbocycles. The lowest BCUT2D eigenvalue weighted by atomic mass is 10.1. The lowest BCUT2D eigenvalue weighted by Gasteiger charge is -2.09. The largest absolute Gasteiger partial charge is 0.494 e. The Hall–Kier alpha value is -3.80. The highest BCUT2D eigenvalue weighted by molar-refractivity contribution is 6.04. The molecule has 6 heteroatoms. The molecule has 0 aromatic heterocycles. The van der Waals surface area contributed by atoms with Gasteiger partial charge in [-0.3, -0.25) is 4.79 Å². The van der Waals surface area contributed by atoms with Crippen LogP contribution in [0.1, 0.15) is 112 Å². The monoisotopic (exact) mass is 573 g/mol. The Morgan fingerprint density at radius 1 is 0.524 bits per heavy atom. The number of nitrogens with one attached hydrogen (secondary N) is 1. The SMILES string of the molecule is CCCCCCCCOc1ccc(C(=O)Nc2ccc(OC(=O)c3ccc(OCCCCCCCC)cc3)cc2)cc1. The van der Waals surface area contributed by atoms with E-state index >= 15 is 0 Å². The maximum Gasteiger partial charge on any atom is 0.343 e. The van der Waals surface area contributed by atoms with Crippen LogP contribution in [-0.2, 0) is 0 Å². The van der Waals surface area contributed by atoms with Gasteiger partial charge >= 0.3 is 5.97 Å². The van der Waals surface area contributed by atoms with Crippen LogP contribution in [-0.4, -0.2) is 25.1 Å². The van der Waals surface area contributed by atoms with Crippen molar-refractivity contribution in [3.63, 3.8) is 0 Å². The van der Waals surface area contributed by atoms with Gasteiger partial charge in [-0.05, 0) is 85.6 Å². The van der Waals surface area contributed by atoms with Gasteiger partial charge in [0.05, 0.1) is 18.8 Å². The fourth-order valence-corrected chi connectivity index (χ4v) is 4.51. The first-order valence-electron chi connectivity index (χ1n) is 15.7. The first-order chi connectivity index (χ1) is 20.6. The van der Waals surface area contributed by atoms with E-state index in [-0.39, 0.29) is 5.91 Å². The zero-order valence-corrected chi connectivity index (χ0v) is 25.4. The van der Waals surface area contributed by atoms with E-state index in [9.17, 15) is 9.59 Å². The van der Waals surface area contributed by atoms with Gasteiger partial charge in [-0.15, -0.1) is 0 Å². The second-order valence-electron chi connectivity index (χ2n) is 10.6.